The van der Waals surface area contributed by atoms with E-state index in [0.717, 1.165) is 0 Å². The molecule has 4 aliphatic rings. The normalized spacial score (nSPS) is 13.1. The van der Waals surface area contributed by atoms with Gasteiger partial charge >= 0.3 is 0 Å². The molecule has 6 heteroatoms. The molecule has 0 aliphatic carbocycles. The third-order valence-corrected chi connectivity index (χ3v) is 29.3. The zero-order valence-electron chi connectivity index (χ0n) is 67.9. The second kappa shape index (κ2) is 29.3. The second-order valence-electron chi connectivity index (χ2n) is 35.3. The van der Waals surface area contributed by atoms with Gasteiger partial charge in [0.05, 0.1) is 0 Å². The minimum atomic E-state index is -0.00511. The van der Waals surface area contributed by atoms with Crippen molar-refractivity contribution < 1.29 is 0 Å². The summed E-state index contributed by atoms with van der Waals surface area (Å²) in [4.78, 5) is 10.8. The van der Waals surface area contributed by atoms with Crippen molar-refractivity contribution in [2.24, 2.45) is 0 Å². The minimum Gasteiger partial charge on any atom is -0.0911 e. The van der Waals surface area contributed by atoms with Crippen molar-refractivity contribution in [2.45, 2.75) is 118 Å². The van der Waals surface area contributed by atoms with Crippen LogP contribution in [0.3, 0.4) is 0 Å². The van der Waals surface area contributed by atoms with E-state index in [2.05, 4.69) is 420 Å². The van der Waals surface area contributed by atoms with Crippen molar-refractivity contribution in [2.75, 3.05) is 0 Å². The Bertz CT molecular complexity index is 6850. The van der Waals surface area contributed by atoms with Crippen molar-refractivity contribution in [1.82, 2.24) is 0 Å². The van der Waals surface area contributed by atoms with Crippen molar-refractivity contribution in [3.63, 3.8) is 0 Å². The maximum atomic E-state index is 2.49. The molecule has 118 heavy (non-hydrogen) atoms. The highest BCUT2D eigenvalue weighted by Gasteiger charge is 2.41. The van der Waals surface area contributed by atoms with Gasteiger partial charge in [-0.1, -0.05) is 404 Å². The van der Waals surface area contributed by atoms with Gasteiger partial charge in [-0.25, -0.2) is 0 Å². The third kappa shape index (κ3) is 13.1. The van der Waals surface area contributed by atoms with Gasteiger partial charge < -0.3 is 0 Å². The standard InChI is InChI=1S/C58H47BS2.C54H39BS2/c1-57(2,3)42-31-39(32-43(35-42)58(4,5)6)37-28-38(40-33-52-56-53(34-40)61-51-27-17-15-25-49(51)59(56)48-24-14-16-26-50(48)60-52)30-41(29-37)55-46-22-12-10-20-44(46)54(36-18-8-7-9-19-36)45-21-11-13-23-47(45)55;1-54(2,3)40-19-15-18-35(31-40)36-28-37(38-32-49-53-50(33-38)57-48-27-14-12-25-46(48)55(53)45-24-11-13-26-47(45)56-49)30-39(29-36)52-43-22-9-7-20-41(43)51(34-16-5-4-6-17-34)42-21-8-10-23-44(42)52/h7-35H,1-6H3;4-33H,1-3H3. The van der Waals surface area contributed by atoms with Crippen LogP contribution in [0, 0.1) is 0 Å². The molecule has 0 fully saturated rings. The third-order valence-electron chi connectivity index (χ3n) is 24.7. The molecule has 4 aliphatic heterocycles. The summed E-state index contributed by atoms with van der Waals surface area (Å²) in [6.07, 6.45) is 0. The van der Waals surface area contributed by atoms with Crippen LogP contribution in [-0.2, 0) is 16.2 Å². The Kier molecular flexibility index (Phi) is 18.4. The first-order valence-electron chi connectivity index (χ1n) is 41.4. The van der Waals surface area contributed by atoms with Crippen LogP contribution in [0.1, 0.15) is 79.0 Å². The van der Waals surface area contributed by atoms with Crippen molar-refractivity contribution in [3.8, 4) is 89.0 Å². The van der Waals surface area contributed by atoms with Crippen LogP contribution in [0.25, 0.3) is 132 Å². The highest BCUT2D eigenvalue weighted by molar-refractivity contribution is 8.02. The molecule has 4 heterocycles. The molecule has 0 bridgehead atoms. The SMILES string of the molecule is CC(C)(C)c1cc(-c2cc(-c3cc4c5c(c3)Sc3ccccc3B5c3ccccc3S4)cc(-c3c4ccccc4c(-c4ccccc4)c4ccccc34)c2)cc(C(C)(C)C)c1.CC(C)(C)c1cccc(-c2cc(-c3cc4c5c(c3)Sc3ccccc3B5c3ccccc3S4)cc(-c3c4ccccc4c(-c4ccccc4)c4ccccc34)c2)c1. The van der Waals surface area contributed by atoms with E-state index < -0.39 is 0 Å². The molecule has 22 rings (SSSR count). The fourth-order valence-electron chi connectivity index (χ4n) is 18.9. The van der Waals surface area contributed by atoms with E-state index >= 15 is 0 Å². The highest BCUT2D eigenvalue weighted by atomic mass is 32.2. The van der Waals surface area contributed by atoms with Crippen LogP contribution in [0.5, 0.6) is 0 Å². The zero-order valence-corrected chi connectivity index (χ0v) is 71.1. The minimum absolute atomic E-state index is 0.00511. The van der Waals surface area contributed by atoms with Crippen molar-refractivity contribution in [3.05, 3.63) is 375 Å². The predicted octanol–water partition coefficient (Wildman–Crippen LogP) is 28.1. The summed E-state index contributed by atoms with van der Waals surface area (Å²) < 4.78 is 0. The van der Waals surface area contributed by atoms with Gasteiger partial charge in [-0.3, -0.25) is 0 Å². The maximum Gasteiger partial charge on any atom is 0.247 e. The molecule has 18 aromatic carbocycles. The van der Waals surface area contributed by atoms with Crippen molar-refractivity contribution >= 4 is 136 Å². The van der Waals surface area contributed by atoms with Gasteiger partial charge in [0.2, 0.25) is 13.4 Å². The maximum absolute atomic E-state index is 2.49. The summed E-state index contributed by atoms with van der Waals surface area (Å²) in [7, 11) is 0. The first-order valence-corrected chi connectivity index (χ1v) is 44.6. The first kappa shape index (κ1) is 74.1. The molecule has 0 atom stereocenters. The van der Waals surface area contributed by atoms with E-state index in [1.54, 1.807) is 0 Å². The van der Waals surface area contributed by atoms with E-state index in [1.165, 1.54) is 221 Å². The molecule has 564 valence electrons. The average Bonchev–Trinajstić information content (AvgIpc) is 0.710. The molecule has 0 nitrogen and oxygen atoms in total. The number of hydrogen-bond donors (Lipinski definition) is 0. The van der Waals surface area contributed by atoms with Crippen LogP contribution < -0.4 is 32.8 Å². The molecule has 0 aromatic heterocycles. The monoisotopic (exact) mass is 1580 g/mol. The molecule has 18 aromatic rings. The first-order chi connectivity index (χ1) is 57.4. The van der Waals surface area contributed by atoms with Gasteiger partial charge in [0.15, 0.2) is 0 Å². The van der Waals surface area contributed by atoms with Crippen LogP contribution >= 0.6 is 47.0 Å². The average molecular weight is 1580 g/mol. The lowest BCUT2D eigenvalue weighted by molar-refractivity contribution is 0.569. The number of hydrogen-bond acceptors (Lipinski definition) is 4. The number of rotatable bonds is 8. The molecular weight excluding hydrogens is 1500 g/mol. The Balaban J connectivity index is 0.000000147. The van der Waals surface area contributed by atoms with Gasteiger partial charge in [0, 0.05) is 39.2 Å². The molecule has 0 saturated carbocycles. The lowest BCUT2D eigenvalue weighted by Crippen LogP contribution is -2.57. The second-order valence-corrected chi connectivity index (χ2v) is 39.7. The van der Waals surface area contributed by atoms with E-state index in [-0.39, 0.29) is 29.7 Å². The summed E-state index contributed by atoms with van der Waals surface area (Å²) >= 11 is 7.73. The lowest BCUT2D eigenvalue weighted by atomic mass is 9.36. The van der Waals surface area contributed by atoms with Crippen molar-refractivity contribution in [1.29, 1.82) is 0 Å². The predicted molar refractivity (Wildman–Crippen MR) is 514 cm³/mol. The largest absolute Gasteiger partial charge is 0.247 e. The Hall–Kier alpha value is -11.5. The smallest absolute Gasteiger partial charge is 0.0911 e. The summed E-state index contributed by atoms with van der Waals surface area (Å²) in [5.41, 5.74) is 32.7. The highest BCUT2D eigenvalue weighted by Crippen LogP contribution is 2.51. The quantitative estimate of drug-likeness (QED) is 0.110. The van der Waals surface area contributed by atoms with E-state index in [9.17, 15) is 0 Å². The van der Waals surface area contributed by atoms with Crippen LogP contribution in [0.2, 0.25) is 0 Å². The van der Waals surface area contributed by atoms with Gasteiger partial charge in [0.25, 0.3) is 0 Å². The fraction of sp³-hybridized carbons (Fsp3) is 0.107. The number of fused-ring (bicyclic) bond motifs is 12. The zero-order chi connectivity index (χ0) is 79.9. The summed E-state index contributed by atoms with van der Waals surface area (Å²) in [6.45, 7) is 21.4. The van der Waals surface area contributed by atoms with Crippen LogP contribution in [-0.4, -0.2) is 13.4 Å². The van der Waals surface area contributed by atoms with Crippen LogP contribution in [0.4, 0.5) is 0 Å². The lowest BCUT2D eigenvalue weighted by Gasteiger charge is -2.33. The topological polar surface area (TPSA) is 0 Å². The summed E-state index contributed by atoms with van der Waals surface area (Å²) in [5, 5.41) is 10.2. The van der Waals surface area contributed by atoms with Gasteiger partial charge in [-0.05, 0) is 261 Å². The Labute approximate surface area is 711 Å². The van der Waals surface area contributed by atoms with Crippen LogP contribution in [0.15, 0.2) is 397 Å². The Morgan fingerprint density at radius 1 is 0.169 bits per heavy atom. The van der Waals surface area contributed by atoms with E-state index in [0.29, 0.717) is 0 Å². The number of benzene rings is 18. The van der Waals surface area contributed by atoms with Gasteiger partial charge in [-0.2, -0.15) is 0 Å². The molecule has 0 unspecified atom stereocenters. The summed E-state index contributed by atoms with van der Waals surface area (Å²) in [6, 6.07) is 135. The fourth-order valence-corrected chi connectivity index (χ4v) is 23.8. The molecule has 0 saturated heterocycles. The summed E-state index contributed by atoms with van der Waals surface area (Å²) in [5.74, 6) is 0. The van der Waals surface area contributed by atoms with Gasteiger partial charge in [-0.15, -0.1) is 0 Å². The van der Waals surface area contributed by atoms with E-state index in [1.807, 2.05) is 47.0 Å². The molecule has 0 amide bonds. The van der Waals surface area contributed by atoms with Gasteiger partial charge in [0.1, 0.15) is 0 Å². The molecule has 0 spiro atoms. The Morgan fingerprint density at radius 3 is 0.703 bits per heavy atom. The Morgan fingerprint density at radius 2 is 0.398 bits per heavy atom. The molecule has 0 radical (unpaired) electrons. The molecule has 0 N–H and O–H groups in total. The van der Waals surface area contributed by atoms with E-state index in [4.69, 9.17) is 0 Å². The molecular formula is C112H86B2S4.